The topological polar surface area (TPSA) is 45.2 Å². The molecule has 3 nitrogen and oxygen atoms in total. The molecule has 2 aromatic carbocycles. The minimum Gasteiger partial charge on any atom is -0.507 e. The molecule has 0 bridgehead atoms. The highest BCUT2D eigenvalue weighted by atomic mass is 32.1. The Bertz CT molecular complexity index is 943. The number of anilines is 1. The summed E-state index contributed by atoms with van der Waals surface area (Å²) in [5.41, 5.74) is 4.83. The molecule has 4 heteroatoms. The zero-order chi connectivity index (χ0) is 21.4. The summed E-state index contributed by atoms with van der Waals surface area (Å²) in [4.78, 5) is 4.85. The molecule has 3 aromatic rings. The van der Waals surface area contributed by atoms with E-state index < -0.39 is 0 Å². The number of phenols is 1. The Morgan fingerprint density at radius 3 is 2.00 bits per heavy atom. The molecule has 2 N–H and O–H groups in total. The molecule has 0 saturated heterocycles. The van der Waals surface area contributed by atoms with Crippen LogP contribution in [0.1, 0.15) is 71.2 Å². The van der Waals surface area contributed by atoms with E-state index in [1.165, 1.54) is 5.56 Å². The Morgan fingerprint density at radius 2 is 1.48 bits per heavy atom. The second-order valence-corrected chi connectivity index (χ2v) is 10.6. The predicted molar refractivity (Wildman–Crippen MR) is 125 cm³/mol. The van der Waals surface area contributed by atoms with E-state index >= 15 is 0 Å². The quantitative estimate of drug-likeness (QED) is 0.476. The SMILES string of the molecule is CC(Nc1nc(-c2cc(C(C)(C)C)c(O)c(C(C)(C)C)c2)cs1)c1ccccc1. The van der Waals surface area contributed by atoms with Gasteiger partial charge >= 0.3 is 0 Å². The zero-order valence-corrected chi connectivity index (χ0v) is 19.3. The third-order valence-electron chi connectivity index (χ3n) is 5.17. The minimum atomic E-state index is -0.154. The van der Waals surface area contributed by atoms with Crippen LogP contribution >= 0.6 is 11.3 Å². The Morgan fingerprint density at radius 1 is 0.931 bits per heavy atom. The molecular formula is C25H32N2OS. The number of hydrogen-bond donors (Lipinski definition) is 2. The fourth-order valence-electron chi connectivity index (χ4n) is 3.41. The van der Waals surface area contributed by atoms with Gasteiger partial charge in [0.15, 0.2) is 5.13 Å². The van der Waals surface area contributed by atoms with Crippen molar-refractivity contribution in [1.82, 2.24) is 4.98 Å². The van der Waals surface area contributed by atoms with E-state index in [0.717, 1.165) is 27.5 Å². The van der Waals surface area contributed by atoms with Crippen LogP contribution in [0.4, 0.5) is 5.13 Å². The number of aromatic hydroxyl groups is 1. The first kappa shape index (κ1) is 21.4. The standard InChI is InChI=1S/C25H32N2OS/c1-16(17-11-9-8-10-12-17)26-23-27-21(15-29-23)18-13-19(24(2,3)4)22(28)20(14-18)25(5,6)7/h8-16,28H,1-7H3,(H,26,27). The van der Waals surface area contributed by atoms with Crippen LogP contribution in [-0.2, 0) is 10.8 Å². The van der Waals surface area contributed by atoms with Crippen LogP contribution in [0, 0.1) is 0 Å². The van der Waals surface area contributed by atoms with Crippen LogP contribution in [0.15, 0.2) is 47.8 Å². The van der Waals surface area contributed by atoms with Crippen molar-refractivity contribution in [1.29, 1.82) is 0 Å². The van der Waals surface area contributed by atoms with E-state index in [2.05, 4.69) is 95.6 Å². The highest BCUT2D eigenvalue weighted by Crippen LogP contribution is 2.42. The molecule has 1 heterocycles. The molecule has 3 rings (SSSR count). The van der Waals surface area contributed by atoms with Gasteiger partial charge in [-0.3, -0.25) is 0 Å². The first-order valence-electron chi connectivity index (χ1n) is 10.1. The van der Waals surface area contributed by atoms with Gasteiger partial charge in [0.2, 0.25) is 0 Å². The maximum Gasteiger partial charge on any atom is 0.183 e. The molecule has 0 aliphatic rings. The monoisotopic (exact) mass is 408 g/mol. The van der Waals surface area contributed by atoms with Crippen molar-refractivity contribution in [3.63, 3.8) is 0 Å². The Kier molecular flexibility index (Phi) is 5.77. The summed E-state index contributed by atoms with van der Waals surface area (Å²) in [6.45, 7) is 14.9. The number of rotatable bonds is 4. The van der Waals surface area contributed by atoms with Crippen molar-refractivity contribution in [2.24, 2.45) is 0 Å². The first-order chi connectivity index (χ1) is 13.5. The minimum absolute atomic E-state index is 0.154. The van der Waals surface area contributed by atoms with Gasteiger partial charge in [0.05, 0.1) is 11.7 Å². The van der Waals surface area contributed by atoms with Crippen LogP contribution in [0.25, 0.3) is 11.3 Å². The van der Waals surface area contributed by atoms with E-state index in [9.17, 15) is 5.11 Å². The summed E-state index contributed by atoms with van der Waals surface area (Å²) in [5, 5.41) is 17.4. The number of aromatic nitrogens is 1. The lowest BCUT2D eigenvalue weighted by Crippen LogP contribution is -2.17. The number of benzene rings is 2. The Hall–Kier alpha value is -2.33. The largest absolute Gasteiger partial charge is 0.507 e. The second-order valence-electron chi connectivity index (χ2n) is 9.73. The average Bonchev–Trinajstić information content (AvgIpc) is 3.09. The van der Waals surface area contributed by atoms with Crippen molar-refractivity contribution in [3.8, 4) is 17.0 Å². The predicted octanol–water partition coefficient (Wildman–Crippen LogP) is 7.28. The van der Waals surface area contributed by atoms with Crippen molar-refractivity contribution >= 4 is 16.5 Å². The average molecular weight is 409 g/mol. The maximum absolute atomic E-state index is 11.0. The number of nitrogens with one attached hydrogen (secondary N) is 1. The zero-order valence-electron chi connectivity index (χ0n) is 18.5. The summed E-state index contributed by atoms with van der Waals surface area (Å²) in [5.74, 6) is 0.403. The fourth-order valence-corrected chi connectivity index (χ4v) is 4.22. The van der Waals surface area contributed by atoms with Crippen LogP contribution < -0.4 is 5.32 Å². The third-order valence-corrected chi connectivity index (χ3v) is 5.94. The van der Waals surface area contributed by atoms with Gasteiger partial charge < -0.3 is 10.4 Å². The third kappa shape index (κ3) is 4.81. The van der Waals surface area contributed by atoms with Crippen LogP contribution in [0.2, 0.25) is 0 Å². The molecule has 1 unspecified atom stereocenters. The molecule has 0 saturated carbocycles. The molecule has 29 heavy (non-hydrogen) atoms. The van der Waals surface area contributed by atoms with Crippen molar-refractivity contribution in [2.75, 3.05) is 5.32 Å². The lowest BCUT2D eigenvalue weighted by molar-refractivity contribution is 0.423. The van der Waals surface area contributed by atoms with Crippen molar-refractivity contribution < 1.29 is 5.11 Å². The highest BCUT2D eigenvalue weighted by molar-refractivity contribution is 7.14. The summed E-state index contributed by atoms with van der Waals surface area (Å²) in [6.07, 6.45) is 0. The molecule has 0 amide bonds. The fraction of sp³-hybridized carbons (Fsp3) is 0.400. The molecule has 0 aliphatic heterocycles. The Labute approximate surface area is 178 Å². The highest BCUT2D eigenvalue weighted by Gasteiger charge is 2.27. The van der Waals surface area contributed by atoms with E-state index in [0.29, 0.717) is 5.75 Å². The summed E-state index contributed by atoms with van der Waals surface area (Å²) >= 11 is 1.61. The first-order valence-corrected chi connectivity index (χ1v) is 11.0. The molecule has 0 fully saturated rings. The normalized spacial score (nSPS) is 13.3. The van der Waals surface area contributed by atoms with Gasteiger partial charge in [-0.1, -0.05) is 71.9 Å². The molecule has 154 valence electrons. The molecule has 0 aliphatic carbocycles. The lowest BCUT2D eigenvalue weighted by atomic mass is 9.78. The molecule has 1 atom stereocenters. The van der Waals surface area contributed by atoms with Gasteiger partial charge in [-0.15, -0.1) is 11.3 Å². The Balaban J connectivity index is 1.97. The number of phenolic OH excluding ortho intramolecular Hbond substituents is 1. The van der Waals surface area contributed by atoms with Crippen LogP contribution in [0.5, 0.6) is 5.75 Å². The van der Waals surface area contributed by atoms with Gasteiger partial charge in [-0.2, -0.15) is 0 Å². The van der Waals surface area contributed by atoms with Crippen LogP contribution in [-0.4, -0.2) is 10.1 Å². The molecule has 0 radical (unpaired) electrons. The van der Waals surface area contributed by atoms with E-state index in [4.69, 9.17) is 4.98 Å². The number of nitrogens with zero attached hydrogens (tertiary/aromatic N) is 1. The molecule has 1 aromatic heterocycles. The smallest absolute Gasteiger partial charge is 0.183 e. The van der Waals surface area contributed by atoms with Gasteiger partial charge in [0.1, 0.15) is 5.75 Å². The second kappa shape index (κ2) is 7.83. The number of thiazole rings is 1. The lowest BCUT2D eigenvalue weighted by Gasteiger charge is -2.28. The van der Waals surface area contributed by atoms with Crippen molar-refractivity contribution in [3.05, 3.63) is 64.5 Å². The van der Waals surface area contributed by atoms with Gasteiger partial charge in [-0.05, 0) is 35.4 Å². The molecular weight excluding hydrogens is 376 g/mol. The van der Waals surface area contributed by atoms with Crippen LogP contribution in [0.3, 0.4) is 0 Å². The summed E-state index contributed by atoms with van der Waals surface area (Å²) in [7, 11) is 0. The number of hydrogen-bond acceptors (Lipinski definition) is 4. The van der Waals surface area contributed by atoms with E-state index in [-0.39, 0.29) is 16.9 Å². The van der Waals surface area contributed by atoms with E-state index in [1.807, 2.05) is 6.07 Å². The summed E-state index contributed by atoms with van der Waals surface area (Å²) < 4.78 is 0. The van der Waals surface area contributed by atoms with Gasteiger partial charge in [-0.25, -0.2) is 4.98 Å². The molecule has 0 spiro atoms. The van der Waals surface area contributed by atoms with Gasteiger partial charge in [0.25, 0.3) is 0 Å². The van der Waals surface area contributed by atoms with Crippen molar-refractivity contribution in [2.45, 2.75) is 65.3 Å². The summed E-state index contributed by atoms with van der Waals surface area (Å²) in [6, 6.07) is 14.7. The van der Waals surface area contributed by atoms with E-state index in [1.54, 1.807) is 11.3 Å². The maximum atomic E-state index is 11.0. The van der Waals surface area contributed by atoms with Gasteiger partial charge in [0, 0.05) is 22.1 Å².